The van der Waals surface area contributed by atoms with Crippen molar-refractivity contribution >= 4 is 41.3 Å². The number of benzene rings is 1. The van der Waals surface area contributed by atoms with Crippen LogP contribution in [0.4, 0.5) is 16.2 Å². The van der Waals surface area contributed by atoms with Crippen LogP contribution in [0, 0.1) is 0 Å². The first-order valence-corrected chi connectivity index (χ1v) is 10.3. The number of nitrogens with zero attached hydrogens (tertiary/aromatic N) is 3. The van der Waals surface area contributed by atoms with Crippen molar-refractivity contribution in [2.24, 2.45) is 5.73 Å². The van der Waals surface area contributed by atoms with E-state index in [1.54, 1.807) is 30.6 Å². The van der Waals surface area contributed by atoms with E-state index in [1.165, 1.54) is 19.3 Å². The molecule has 2 aromatic heterocycles. The maximum absolute atomic E-state index is 11.8. The summed E-state index contributed by atoms with van der Waals surface area (Å²) in [6.45, 7) is 3.59. The number of hydrogen-bond acceptors (Lipinski definition) is 6. The molecule has 1 saturated carbocycles. The smallest absolute Gasteiger partial charge is 0.411 e. The lowest BCUT2D eigenvalue weighted by Gasteiger charge is -2.27. The van der Waals surface area contributed by atoms with Gasteiger partial charge in [-0.1, -0.05) is 11.6 Å². The van der Waals surface area contributed by atoms with Crippen LogP contribution in [0.25, 0.3) is 17.0 Å². The molecule has 0 atom stereocenters. The van der Waals surface area contributed by atoms with Crippen molar-refractivity contribution in [2.75, 3.05) is 10.6 Å². The number of hydrogen-bond donors (Lipinski definition) is 3. The van der Waals surface area contributed by atoms with Crippen LogP contribution in [-0.2, 0) is 9.53 Å². The number of aromatic nitrogens is 3. The Morgan fingerprint density at radius 3 is 2.71 bits per heavy atom. The lowest BCUT2D eigenvalue weighted by atomic mass is 9.93. The molecule has 2 heterocycles. The predicted molar refractivity (Wildman–Crippen MR) is 120 cm³/mol. The van der Waals surface area contributed by atoms with Gasteiger partial charge < -0.3 is 15.8 Å². The van der Waals surface area contributed by atoms with Gasteiger partial charge in [0.1, 0.15) is 0 Å². The molecule has 1 aliphatic rings. The van der Waals surface area contributed by atoms with Gasteiger partial charge in [-0.05, 0) is 51.3 Å². The second kappa shape index (κ2) is 10.1. The highest BCUT2D eigenvalue weighted by atomic mass is 35.5. The second-order valence-electron chi connectivity index (χ2n) is 7.36. The molecule has 0 aliphatic heterocycles. The maximum Gasteiger partial charge on any atom is 0.411 e. The Hall–Kier alpha value is -3.33. The first kappa shape index (κ1) is 22.4. The third-order valence-corrected chi connectivity index (χ3v) is 4.95. The van der Waals surface area contributed by atoms with E-state index in [0.29, 0.717) is 22.5 Å². The van der Waals surface area contributed by atoms with Crippen LogP contribution < -0.4 is 16.4 Å². The van der Waals surface area contributed by atoms with Crippen LogP contribution >= 0.6 is 11.6 Å². The van der Waals surface area contributed by atoms with E-state index in [0.717, 1.165) is 16.9 Å². The first-order valence-electron chi connectivity index (χ1n) is 9.93. The number of halogens is 1. The fraction of sp³-hybridized carbons (Fsp3) is 0.333. The van der Waals surface area contributed by atoms with E-state index < -0.39 is 6.09 Å². The number of nitrogens with one attached hydrogen (secondary N) is 2. The summed E-state index contributed by atoms with van der Waals surface area (Å²) in [5, 5.41) is 6.81. The number of nitrogens with two attached hydrogens (primary N) is 1. The van der Waals surface area contributed by atoms with Crippen molar-refractivity contribution in [1.29, 1.82) is 0 Å². The zero-order valence-electron chi connectivity index (χ0n) is 17.3. The Morgan fingerprint density at radius 2 is 2.06 bits per heavy atom. The summed E-state index contributed by atoms with van der Waals surface area (Å²) in [6.07, 6.45) is 8.34. The van der Waals surface area contributed by atoms with Crippen LogP contribution in [0.5, 0.6) is 0 Å². The minimum Gasteiger partial charge on any atom is -0.447 e. The van der Waals surface area contributed by atoms with E-state index in [9.17, 15) is 4.79 Å². The van der Waals surface area contributed by atoms with Crippen LogP contribution in [0.15, 0.2) is 36.8 Å². The van der Waals surface area contributed by atoms with Gasteiger partial charge in [-0.3, -0.25) is 14.5 Å². The fourth-order valence-corrected chi connectivity index (χ4v) is 3.25. The number of anilines is 2. The molecule has 10 heteroatoms. The number of carbonyl (C=O) groups excluding carboxylic acids is 2. The van der Waals surface area contributed by atoms with Gasteiger partial charge in [-0.2, -0.15) is 0 Å². The Labute approximate surface area is 185 Å². The zero-order valence-corrected chi connectivity index (χ0v) is 18.1. The van der Waals surface area contributed by atoms with E-state index in [4.69, 9.17) is 21.1 Å². The van der Waals surface area contributed by atoms with Crippen molar-refractivity contribution in [3.05, 3.63) is 41.8 Å². The molecular formula is C21H25ClN6O3. The molecule has 4 rings (SSSR count). The largest absolute Gasteiger partial charge is 0.447 e. The van der Waals surface area contributed by atoms with Crippen LogP contribution in [0.3, 0.4) is 0 Å². The molecule has 0 spiro atoms. The molecule has 0 bridgehead atoms. The predicted octanol–water partition coefficient (Wildman–Crippen LogP) is 4.07. The van der Waals surface area contributed by atoms with Gasteiger partial charge in [0.25, 0.3) is 0 Å². The molecule has 31 heavy (non-hydrogen) atoms. The third kappa shape index (κ3) is 5.85. The van der Waals surface area contributed by atoms with Crippen LogP contribution in [0.2, 0.25) is 5.02 Å². The van der Waals surface area contributed by atoms with Gasteiger partial charge in [-0.15, -0.1) is 0 Å². The summed E-state index contributed by atoms with van der Waals surface area (Å²) in [7, 11) is 0. The quantitative estimate of drug-likeness (QED) is 0.509. The summed E-state index contributed by atoms with van der Waals surface area (Å²) < 4.78 is 6.84. The lowest BCUT2D eigenvalue weighted by molar-refractivity contribution is -0.106. The Kier molecular flexibility index (Phi) is 7.30. The third-order valence-electron chi connectivity index (χ3n) is 4.62. The van der Waals surface area contributed by atoms with Crippen LogP contribution in [0.1, 0.15) is 33.1 Å². The van der Waals surface area contributed by atoms with E-state index in [2.05, 4.69) is 26.3 Å². The highest BCUT2D eigenvalue weighted by Crippen LogP contribution is 2.32. The topological polar surface area (TPSA) is 124 Å². The molecule has 0 radical (unpaired) electrons. The summed E-state index contributed by atoms with van der Waals surface area (Å²) >= 11 is 6.42. The average molecular weight is 445 g/mol. The monoisotopic (exact) mass is 444 g/mol. The van der Waals surface area contributed by atoms with Crippen molar-refractivity contribution < 1.29 is 14.3 Å². The molecule has 3 aromatic rings. The summed E-state index contributed by atoms with van der Waals surface area (Å²) in [4.78, 5) is 29.2. The minimum atomic E-state index is -0.519. The number of imidazole rings is 1. The number of primary amides is 1. The molecule has 164 valence electrons. The molecule has 0 unspecified atom stereocenters. The number of ether oxygens (including phenoxy) is 1. The molecule has 9 nitrogen and oxygen atoms in total. The second-order valence-corrected chi connectivity index (χ2v) is 7.77. The Morgan fingerprint density at radius 1 is 1.32 bits per heavy atom. The minimum absolute atomic E-state index is 0.195. The van der Waals surface area contributed by atoms with Gasteiger partial charge in [0.05, 0.1) is 28.7 Å². The Balaban J connectivity index is 0.000000858. The van der Waals surface area contributed by atoms with Gasteiger partial charge in [0.2, 0.25) is 12.2 Å². The van der Waals surface area contributed by atoms with E-state index in [-0.39, 0.29) is 12.5 Å². The molecular weight excluding hydrogens is 420 g/mol. The summed E-state index contributed by atoms with van der Waals surface area (Å²) in [5.74, 6) is 0.520. The maximum atomic E-state index is 11.8. The van der Waals surface area contributed by atoms with Crippen LogP contribution in [-0.4, -0.2) is 39.0 Å². The first-order chi connectivity index (χ1) is 14.9. The van der Waals surface area contributed by atoms with Crippen molar-refractivity contribution in [1.82, 2.24) is 14.4 Å². The summed E-state index contributed by atoms with van der Waals surface area (Å²) in [5.41, 5.74) is 7.28. The fourth-order valence-electron chi connectivity index (χ4n) is 3.04. The van der Waals surface area contributed by atoms with E-state index >= 15 is 0 Å². The van der Waals surface area contributed by atoms with Gasteiger partial charge in [0.15, 0.2) is 0 Å². The van der Waals surface area contributed by atoms with Crippen molar-refractivity contribution in [3.8, 4) is 11.3 Å². The zero-order chi connectivity index (χ0) is 22.4. The average Bonchev–Trinajstić information content (AvgIpc) is 3.09. The molecule has 4 N–H and O–H groups in total. The lowest BCUT2D eigenvalue weighted by Crippen LogP contribution is -2.26. The number of amides is 2. The van der Waals surface area contributed by atoms with E-state index in [1.807, 2.05) is 24.4 Å². The molecule has 1 fully saturated rings. The number of carbonyl (C=O) groups is 2. The molecule has 2 amide bonds. The molecule has 1 aromatic carbocycles. The molecule has 0 saturated heterocycles. The highest BCUT2D eigenvalue weighted by molar-refractivity contribution is 6.33. The normalized spacial score (nSPS) is 13.2. The molecule has 1 aliphatic carbocycles. The van der Waals surface area contributed by atoms with Crippen molar-refractivity contribution in [3.63, 3.8) is 0 Å². The SMILES string of the molecule is CC(C)OC(=O)Nc1cnc2nc(-c3cc(NC4CCC4)ccc3Cl)cn2c1.NC=O. The van der Waals surface area contributed by atoms with Gasteiger partial charge in [0, 0.05) is 29.7 Å². The van der Waals surface area contributed by atoms with Gasteiger partial charge >= 0.3 is 6.09 Å². The van der Waals surface area contributed by atoms with Gasteiger partial charge in [-0.25, -0.2) is 14.8 Å². The highest BCUT2D eigenvalue weighted by Gasteiger charge is 2.18. The van der Waals surface area contributed by atoms with Crippen molar-refractivity contribution in [2.45, 2.75) is 45.3 Å². The standard InChI is InChI=1S/C20H22ClN5O2.CH3NO/c1-12(2)28-20(27)24-15-9-22-19-25-18(11-26(19)10-15)16-8-14(6-7-17(16)21)23-13-4-3-5-13;2-1-3/h6-13,23H,3-5H2,1-2H3,(H,24,27);1H,(H2,2,3). The number of fused-ring (bicyclic) bond motifs is 1. The summed E-state index contributed by atoms with van der Waals surface area (Å²) in [6, 6.07) is 6.42. The Bertz CT molecular complexity index is 1060. The number of rotatable bonds is 5.